The Kier molecular flexibility index (Phi) is 10.1. The molecule has 2 fully saturated rings. The van der Waals surface area contributed by atoms with Crippen molar-refractivity contribution >= 4 is 22.6 Å². The van der Waals surface area contributed by atoms with E-state index >= 15 is 0 Å². The van der Waals surface area contributed by atoms with Gasteiger partial charge in [-0.25, -0.2) is 0 Å². The molecule has 0 radical (unpaired) electrons. The molecule has 2 aliphatic rings. The van der Waals surface area contributed by atoms with E-state index in [1.165, 1.54) is 24.8 Å². The van der Waals surface area contributed by atoms with Gasteiger partial charge in [-0.05, 0) is 73.2 Å². The molecule has 41 heavy (non-hydrogen) atoms. The van der Waals surface area contributed by atoms with Gasteiger partial charge in [-0.3, -0.25) is 9.59 Å². The Morgan fingerprint density at radius 1 is 0.927 bits per heavy atom. The molecule has 0 bridgehead atoms. The zero-order valence-corrected chi connectivity index (χ0v) is 24.7. The number of carbonyl (C=O) groups excluding carboxylic acids is 2. The van der Waals surface area contributed by atoms with Crippen molar-refractivity contribution in [3.63, 3.8) is 0 Å². The molecule has 2 N–H and O–H groups in total. The normalized spacial score (nSPS) is 21.1. The molecule has 2 aliphatic heterocycles. The number of nitrogens with one attached hydrogen (secondary N) is 2. The third-order valence-corrected chi connectivity index (χ3v) is 8.95. The molecule has 3 aromatic rings. The SMILES string of the molecule is CC(C)C(CN1CC[C@@H](CNC(=O)c2ccc3ccccc3c2)N[C@@H](CCN2CCCCC2)C1=O)c1ccccc1. The lowest BCUT2D eigenvalue weighted by Crippen LogP contribution is -2.50. The molecule has 6 heteroatoms. The summed E-state index contributed by atoms with van der Waals surface area (Å²) in [7, 11) is 0. The first-order chi connectivity index (χ1) is 20.0. The fourth-order valence-electron chi connectivity index (χ4n) is 6.41. The van der Waals surface area contributed by atoms with E-state index in [1.807, 2.05) is 36.4 Å². The van der Waals surface area contributed by atoms with Gasteiger partial charge in [0.25, 0.3) is 5.91 Å². The maximum Gasteiger partial charge on any atom is 0.251 e. The fourth-order valence-corrected chi connectivity index (χ4v) is 6.41. The molecular weight excluding hydrogens is 508 g/mol. The smallest absolute Gasteiger partial charge is 0.251 e. The van der Waals surface area contributed by atoms with E-state index in [9.17, 15) is 9.59 Å². The lowest BCUT2D eigenvalue weighted by Gasteiger charge is -2.32. The topological polar surface area (TPSA) is 64.7 Å². The first-order valence-electron chi connectivity index (χ1n) is 15.6. The monoisotopic (exact) mass is 554 g/mol. The molecule has 1 unspecified atom stereocenters. The van der Waals surface area contributed by atoms with Crippen LogP contribution in [-0.4, -0.2) is 73.0 Å². The Morgan fingerprint density at radius 2 is 1.66 bits per heavy atom. The number of hydrogen-bond donors (Lipinski definition) is 2. The Labute approximate surface area is 245 Å². The van der Waals surface area contributed by atoms with Crippen LogP contribution in [0.1, 0.15) is 67.8 Å². The third-order valence-electron chi connectivity index (χ3n) is 8.95. The minimum Gasteiger partial charge on any atom is -0.350 e. The number of piperidine rings is 1. The molecule has 0 saturated carbocycles. The van der Waals surface area contributed by atoms with Crippen LogP contribution >= 0.6 is 0 Å². The van der Waals surface area contributed by atoms with Gasteiger partial charge in [0.2, 0.25) is 5.91 Å². The van der Waals surface area contributed by atoms with Crippen molar-refractivity contribution in [2.75, 3.05) is 39.3 Å². The zero-order valence-electron chi connectivity index (χ0n) is 24.7. The van der Waals surface area contributed by atoms with Crippen LogP contribution in [0.2, 0.25) is 0 Å². The summed E-state index contributed by atoms with van der Waals surface area (Å²) in [6.07, 6.45) is 5.40. The van der Waals surface area contributed by atoms with Crippen molar-refractivity contribution in [1.29, 1.82) is 0 Å². The molecule has 5 rings (SSSR count). The van der Waals surface area contributed by atoms with E-state index in [4.69, 9.17) is 0 Å². The maximum atomic E-state index is 14.0. The van der Waals surface area contributed by atoms with E-state index in [0.29, 0.717) is 24.6 Å². The minimum absolute atomic E-state index is 0.0361. The van der Waals surface area contributed by atoms with Crippen LogP contribution in [0, 0.1) is 5.92 Å². The number of amides is 2. The minimum atomic E-state index is -0.245. The van der Waals surface area contributed by atoms with Crippen LogP contribution in [-0.2, 0) is 4.79 Å². The molecule has 3 atom stereocenters. The Hall–Kier alpha value is -3.22. The summed E-state index contributed by atoms with van der Waals surface area (Å²) < 4.78 is 0. The van der Waals surface area contributed by atoms with Crippen molar-refractivity contribution in [2.24, 2.45) is 5.92 Å². The van der Waals surface area contributed by atoms with E-state index in [2.05, 4.69) is 70.7 Å². The van der Waals surface area contributed by atoms with E-state index in [0.717, 1.165) is 49.8 Å². The lowest BCUT2D eigenvalue weighted by molar-refractivity contribution is -0.133. The quantitative estimate of drug-likeness (QED) is 0.350. The maximum absolute atomic E-state index is 14.0. The molecule has 2 saturated heterocycles. The second-order valence-corrected chi connectivity index (χ2v) is 12.2. The highest BCUT2D eigenvalue weighted by Gasteiger charge is 2.33. The molecule has 0 aromatic heterocycles. The number of nitrogens with zero attached hydrogens (tertiary/aromatic N) is 2. The predicted octanol–water partition coefficient (Wildman–Crippen LogP) is 5.44. The largest absolute Gasteiger partial charge is 0.350 e. The second-order valence-electron chi connectivity index (χ2n) is 12.2. The van der Waals surface area contributed by atoms with Crippen molar-refractivity contribution < 1.29 is 9.59 Å². The summed E-state index contributed by atoms with van der Waals surface area (Å²) in [5.74, 6) is 0.836. The lowest BCUT2D eigenvalue weighted by atomic mass is 9.87. The third kappa shape index (κ3) is 7.75. The predicted molar refractivity (Wildman–Crippen MR) is 167 cm³/mol. The van der Waals surface area contributed by atoms with Gasteiger partial charge in [-0.15, -0.1) is 0 Å². The van der Waals surface area contributed by atoms with Gasteiger partial charge in [-0.1, -0.05) is 80.9 Å². The Morgan fingerprint density at radius 3 is 2.41 bits per heavy atom. The highest BCUT2D eigenvalue weighted by molar-refractivity contribution is 5.98. The summed E-state index contributed by atoms with van der Waals surface area (Å²) in [5.41, 5.74) is 1.95. The zero-order chi connectivity index (χ0) is 28.6. The number of likely N-dealkylation sites (tertiary alicyclic amines) is 1. The van der Waals surface area contributed by atoms with Crippen LogP contribution in [0.4, 0.5) is 0 Å². The molecule has 6 nitrogen and oxygen atoms in total. The summed E-state index contributed by atoms with van der Waals surface area (Å²) >= 11 is 0. The average Bonchev–Trinajstić information content (AvgIpc) is 3.16. The average molecular weight is 555 g/mol. The number of rotatable bonds is 10. The molecule has 218 valence electrons. The van der Waals surface area contributed by atoms with Crippen LogP contribution in [0.3, 0.4) is 0 Å². The standard InChI is InChI=1S/C35H46N4O2/c1-26(2)32(28-12-5-3-6-13-28)25-39-22-17-31(37-33(35(39)41)18-21-38-19-9-4-10-20-38)24-36-34(40)30-16-15-27-11-7-8-14-29(27)23-30/h3,5-8,11-16,23,26,31-33,37H,4,9-10,17-22,24-25H2,1-2H3,(H,36,40)/t31-,32?,33-/m0/s1. The van der Waals surface area contributed by atoms with E-state index < -0.39 is 0 Å². The van der Waals surface area contributed by atoms with E-state index in [1.54, 1.807) is 0 Å². The van der Waals surface area contributed by atoms with Crippen LogP contribution < -0.4 is 10.6 Å². The van der Waals surface area contributed by atoms with Gasteiger partial charge in [0.1, 0.15) is 0 Å². The molecule has 2 heterocycles. The molecular formula is C35H46N4O2. The summed E-state index contributed by atoms with van der Waals surface area (Å²) in [6.45, 7) is 9.59. The molecule has 0 aliphatic carbocycles. The van der Waals surface area contributed by atoms with Crippen LogP contribution in [0.25, 0.3) is 10.8 Å². The van der Waals surface area contributed by atoms with Crippen molar-refractivity contribution in [3.8, 4) is 0 Å². The fraction of sp³-hybridized carbons (Fsp3) is 0.486. The van der Waals surface area contributed by atoms with Crippen molar-refractivity contribution in [2.45, 2.75) is 64.0 Å². The number of hydrogen-bond acceptors (Lipinski definition) is 4. The summed E-state index contributed by atoms with van der Waals surface area (Å²) in [4.78, 5) is 31.7. The highest BCUT2D eigenvalue weighted by atomic mass is 16.2. The van der Waals surface area contributed by atoms with Crippen molar-refractivity contribution in [3.05, 3.63) is 83.9 Å². The molecule has 2 amide bonds. The first-order valence-corrected chi connectivity index (χ1v) is 15.6. The van der Waals surface area contributed by atoms with E-state index in [-0.39, 0.29) is 29.8 Å². The van der Waals surface area contributed by atoms with Gasteiger partial charge in [0.15, 0.2) is 0 Å². The summed E-state index contributed by atoms with van der Waals surface area (Å²) in [6, 6.07) is 24.3. The summed E-state index contributed by atoms with van der Waals surface area (Å²) in [5, 5.41) is 9.03. The van der Waals surface area contributed by atoms with Gasteiger partial charge in [0.05, 0.1) is 6.04 Å². The van der Waals surface area contributed by atoms with Gasteiger partial charge >= 0.3 is 0 Å². The highest BCUT2D eigenvalue weighted by Crippen LogP contribution is 2.27. The van der Waals surface area contributed by atoms with Crippen LogP contribution in [0.15, 0.2) is 72.8 Å². The number of benzene rings is 3. The molecule has 3 aromatic carbocycles. The number of fused-ring (bicyclic) bond motifs is 1. The Bertz CT molecular complexity index is 1290. The van der Waals surface area contributed by atoms with Gasteiger partial charge < -0.3 is 20.4 Å². The first kappa shape index (κ1) is 29.3. The Balaban J connectivity index is 1.27. The van der Waals surface area contributed by atoms with Gasteiger partial charge in [-0.2, -0.15) is 0 Å². The number of carbonyl (C=O) groups is 2. The van der Waals surface area contributed by atoms with Crippen LogP contribution in [0.5, 0.6) is 0 Å². The second kappa shape index (κ2) is 14.1. The molecule has 0 spiro atoms. The van der Waals surface area contributed by atoms with Gasteiger partial charge in [0, 0.05) is 43.7 Å². The van der Waals surface area contributed by atoms with Crippen molar-refractivity contribution in [1.82, 2.24) is 20.4 Å².